The quantitative estimate of drug-likeness (QED) is 0.315. The van der Waals surface area contributed by atoms with Crippen LogP contribution in [0.5, 0.6) is 0 Å². The van der Waals surface area contributed by atoms with Crippen molar-refractivity contribution in [3.63, 3.8) is 0 Å². The van der Waals surface area contributed by atoms with Crippen molar-refractivity contribution >= 4 is 14.1 Å². The number of ketones is 1. The predicted molar refractivity (Wildman–Crippen MR) is 137 cm³/mol. The summed E-state index contributed by atoms with van der Waals surface area (Å²) in [5.74, 6) is 3.50. The highest BCUT2D eigenvalue weighted by molar-refractivity contribution is 6.74. The van der Waals surface area contributed by atoms with Crippen molar-refractivity contribution in [3.8, 4) is 0 Å². The number of hydrogen-bond acceptors (Lipinski definition) is 2. The molecule has 0 heterocycles. The van der Waals surface area contributed by atoms with Gasteiger partial charge in [0.25, 0.3) is 0 Å². The Morgan fingerprint density at radius 3 is 2.31 bits per heavy atom. The molecule has 4 rings (SSSR count). The number of allylic oxidation sites excluding steroid dienone is 2. The van der Waals surface area contributed by atoms with Gasteiger partial charge in [0.15, 0.2) is 8.32 Å². The fraction of sp³-hybridized carbons (Fsp3) is 0.897. The molecule has 0 aromatic heterocycles. The van der Waals surface area contributed by atoms with Crippen molar-refractivity contribution in [1.29, 1.82) is 0 Å². The summed E-state index contributed by atoms with van der Waals surface area (Å²) in [6.45, 7) is 23.8. The molecule has 0 saturated heterocycles. The van der Waals surface area contributed by atoms with Gasteiger partial charge < -0.3 is 4.43 Å². The summed E-state index contributed by atoms with van der Waals surface area (Å²) in [5, 5.41) is 0.266. The third-order valence-electron chi connectivity index (χ3n) is 11.6. The molecule has 0 N–H and O–H groups in total. The lowest BCUT2D eigenvalue weighted by molar-refractivity contribution is -0.132. The molecule has 3 heteroatoms. The van der Waals surface area contributed by atoms with Gasteiger partial charge in [0.1, 0.15) is 5.78 Å². The third kappa shape index (κ3) is 3.46. The highest BCUT2D eigenvalue weighted by Gasteiger charge is 2.61. The fourth-order valence-electron chi connectivity index (χ4n) is 8.75. The Balaban J connectivity index is 1.59. The van der Waals surface area contributed by atoms with Crippen LogP contribution in [0, 0.1) is 39.9 Å². The van der Waals surface area contributed by atoms with Crippen molar-refractivity contribution in [2.45, 2.75) is 125 Å². The van der Waals surface area contributed by atoms with Crippen LogP contribution in [-0.4, -0.2) is 20.2 Å². The smallest absolute Gasteiger partial charge is 0.192 e. The lowest BCUT2D eigenvalue weighted by Crippen LogP contribution is -2.54. The van der Waals surface area contributed by atoms with Crippen LogP contribution in [0.1, 0.15) is 100 Å². The molecule has 0 bridgehead atoms. The van der Waals surface area contributed by atoms with Gasteiger partial charge in [-0.3, -0.25) is 4.79 Å². The van der Waals surface area contributed by atoms with E-state index in [0.717, 1.165) is 30.6 Å². The number of hydrogen-bond donors (Lipinski definition) is 0. The van der Waals surface area contributed by atoms with E-state index in [1.165, 1.54) is 37.7 Å². The van der Waals surface area contributed by atoms with E-state index in [0.29, 0.717) is 23.2 Å². The molecular weight excluding hydrogens is 408 g/mol. The molecule has 0 spiro atoms. The molecule has 0 aliphatic heterocycles. The number of Topliss-reactive ketones (excluding diaryl/α,β-unsaturated/α-hetero) is 1. The van der Waals surface area contributed by atoms with Gasteiger partial charge in [-0.15, -0.1) is 0 Å². The van der Waals surface area contributed by atoms with Crippen molar-refractivity contribution < 1.29 is 9.22 Å². The minimum atomic E-state index is -1.76. The Morgan fingerprint density at radius 1 is 1.03 bits per heavy atom. The molecule has 0 radical (unpaired) electrons. The normalized spacial score (nSPS) is 42.6. The first-order valence-corrected chi connectivity index (χ1v) is 16.4. The van der Waals surface area contributed by atoms with Crippen LogP contribution >= 0.6 is 0 Å². The van der Waals surface area contributed by atoms with Crippen LogP contribution in [-0.2, 0) is 9.22 Å². The number of carbonyl (C=O) groups is 1. The van der Waals surface area contributed by atoms with Crippen molar-refractivity contribution in [2.24, 2.45) is 39.9 Å². The molecule has 3 fully saturated rings. The van der Waals surface area contributed by atoms with Gasteiger partial charge in [0.2, 0.25) is 0 Å². The summed E-state index contributed by atoms with van der Waals surface area (Å²) in [6.07, 6.45) is 11.3. The van der Waals surface area contributed by atoms with E-state index < -0.39 is 8.32 Å². The van der Waals surface area contributed by atoms with E-state index in [-0.39, 0.29) is 15.9 Å². The van der Waals surface area contributed by atoms with Crippen LogP contribution in [0.25, 0.3) is 0 Å². The molecule has 4 aliphatic carbocycles. The van der Waals surface area contributed by atoms with E-state index in [1.807, 2.05) is 0 Å². The lowest BCUT2D eigenvalue weighted by Gasteiger charge is -2.60. The first kappa shape index (κ1) is 24.7. The van der Waals surface area contributed by atoms with Crippen LogP contribution in [0.4, 0.5) is 0 Å². The number of fused-ring (bicyclic) bond motifs is 5. The Hall–Kier alpha value is -0.413. The van der Waals surface area contributed by atoms with Crippen LogP contribution in [0.15, 0.2) is 11.6 Å². The minimum absolute atomic E-state index is 0.225. The van der Waals surface area contributed by atoms with Gasteiger partial charge >= 0.3 is 0 Å². The predicted octanol–water partition coefficient (Wildman–Crippen LogP) is 8.18. The van der Waals surface area contributed by atoms with Gasteiger partial charge in [0.05, 0.1) is 0 Å². The van der Waals surface area contributed by atoms with Crippen LogP contribution in [0.2, 0.25) is 18.1 Å². The first-order valence-electron chi connectivity index (χ1n) is 13.5. The Morgan fingerprint density at radius 2 is 1.69 bits per heavy atom. The molecule has 2 nitrogen and oxygen atoms in total. The maximum absolute atomic E-state index is 12.8. The molecule has 0 amide bonds. The second kappa shape index (κ2) is 7.54. The van der Waals surface area contributed by atoms with E-state index in [2.05, 4.69) is 74.6 Å². The monoisotopic (exact) mass is 458 g/mol. The maximum Gasteiger partial charge on any atom is 0.192 e. The number of carbonyl (C=O) groups excluding carboxylic acids is 1. The van der Waals surface area contributed by atoms with Crippen molar-refractivity contribution in [3.05, 3.63) is 11.6 Å². The van der Waals surface area contributed by atoms with Gasteiger partial charge in [-0.2, -0.15) is 0 Å². The summed E-state index contributed by atoms with van der Waals surface area (Å²) < 4.78 is 6.97. The Kier molecular flexibility index (Phi) is 5.82. The summed E-state index contributed by atoms with van der Waals surface area (Å²) in [4.78, 5) is 12.8. The van der Waals surface area contributed by atoms with E-state index >= 15 is 0 Å². The zero-order chi connectivity index (χ0) is 23.9. The molecule has 4 aliphatic rings. The molecular formula is C29H50O2Si. The van der Waals surface area contributed by atoms with Gasteiger partial charge in [-0.05, 0) is 112 Å². The van der Waals surface area contributed by atoms with Gasteiger partial charge in [0, 0.05) is 17.9 Å². The summed E-state index contributed by atoms with van der Waals surface area (Å²) in [6, 6.07) is 0. The Labute approximate surface area is 199 Å². The summed E-state index contributed by atoms with van der Waals surface area (Å²) >= 11 is 0. The second-order valence-corrected chi connectivity index (χ2v) is 19.3. The van der Waals surface area contributed by atoms with Crippen LogP contribution < -0.4 is 0 Å². The average molecular weight is 459 g/mol. The molecule has 182 valence electrons. The zero-order valence-electron chi connectivity index (χ0n) is 22.7. The largest absolute Gasteiger partial charge is 0.414 e. The fourth-order valence-corrected chi connectivity index (χ4v) is 10.2. The van der Waals surface area contributed by atoms with Gasteiger partial charge in [-0.25, -0.2) is 0 Å². The highest BCUT2D eigenvalue weighted by Crippen LogP contribution is 2.68. The maximum atomic E-state index is 12.8. The second-order valence-electron chi connectivity index (χ2n) is 14.5. The number of rotatable bonds is 3. The first-order chi connectivity index (χ1) is 14.6. The average Bonchev–Trinajstić information content (AvgIpc) is 3.01. The molecule has 0 unspecified atom stereocenters. The van der Waals surface area contributed by atoms with Crippen molar-refractivity contribution in [1.82, 2.24) is 0 Å². The standard InChI is InChI=1S/C29H50O2Si/c1-19(31-32(9,10)26(2,3)4)21-12-13-22-20-11-14-24-27(5,6)25(30)16-18-29(24,8)23(20)15-17-28(21,22)7/h14,19-23H,11-13,15-18H2,1-10H3/t19-,20-,21+,22-,23-,28+,29+/m0/s1. The summed E-state index contributed by atoms with van der Waals surface area (Å²) in [7, 11) is -1.76. The summed E-state index contributed by atoms with van der Waals surface area (Å²) in [5.41, 5.74) is 1.85. The molecule has 3 saturated carbocycles. The van der Waals surface area contributed by atoms with E-state index in [4.69, 9.17) is 4.43 Å². The van der Waals surface area contributed by atoms with Crippen LogP contribution in [0.3, 0.4) is 0 Å². The zero-order valence-corrected chi connectivity index (χ0v) is 23.7. The van der Waals surface area contributed by atoms with E-state index in [1.54, 1.807) is 0 Å². The molecule has 7 atom stereocenters. The van der Waals surface area contributed by atoms with E-state index in [9.17, 15) is 4.79 Å². The SMILES string of the molecule is C[C@H](O[Si](C)(C)C(C)(C)C)[C@H]1CC[C@H]2[C@@H]3CC=C4C(C)(C)C(=O)CC[C@]4(C)[C@H]3CC[C@]12C. The highest BCUT2D eigenvalue weighted by atomic mass is 28.4. The minimum Gasteiger partial charge on any atom is -0.414 e. The third-order valence-corrected chi connectivity index (χ3v) is 16.2. The topological polar surface area (TPSA) is 26.3 Å². The molecule has 0 aromatic carbocycles. The Bertz CT molecular complexity index is 802. The molecule has 0 aromatic rings. The molecule has 32 heavy (non-hydrogen) atoms. The van der Waals surface area contributed by atoms with Gasteiger partial charge in [-0.1, -0.05) is 46.3 Å². The van der Waals surface area contributed by atoms with Crippen molar-refractivity contribution in [2.75, 3.05) is 0 Å². The lowest BCUT2D eigenvalue weighted by atomic mass is 9.44.